The van der Waals surface area contributed by atoms with Crippen LogP contribution in [0.2, 0.25) is 0 Å². The Labute approximate surface area is 118 Å². The van der Waals surface area contributed by atoms with Crippen molar-refractivity contribution >= 4 is 16.8 Å². The van der Waals surface area contributed by atoms with Crippen LogP contribution in [0.3, 0.4) is 0 Å². The van der Waals surface area contributed by atoms with E-state index in [1.165, 1.54) is 0 Å². The van der Waals surface area contributed by atoms with Gasteiger partial charge in [-0.2, -0.15) is 0 Å². The molecule has 0 bridgehead atoms. The van der Waals surface area contributed by atoms with Gasteiger partial charge in [0.1, 0.15) is 11.4 Å². The second-order valence-electron chi connectivity index (χ2n) is 4.44. The predicted molar refractivity (Wildman–Crippen MR) is 78.3 cm³/mol. The molecule has 2 aromatic rings. The van der Waals surface area contributed by atoms with Crippen molar-refractivity contribution in [3.8, 4) is 5.75 Å². The Kier molecular flexibility index (Phi) is 5.01. The lowest BCUT2D eigenvalue weighted by molar-refractivity contribution is 0.0940. The molecule has 108 valence electrons. The second kappa shape index (κ2) is 6.96. The van der Waals surface area contributed by atoms with E-state index in [9.17, 15) is 4.79 Å². The molecule has 5 heteroatoms. The van der Waals surface area contributed by atoms with E-state index in [0.717, 1.165) is 23.1 Å². The number of benzene rings is 1. The highest BCUT2D eigenvalue weighted by molar-refractivity contribution is 5.98. The van der Waals surface area contributed by atoms with Crippen molar-refractivity contribution in [2.75, 3.05) is 26.9 Å². The zero-order valence-electron chi connectivity index (χ0n) is 11.9. The summed E-state index contributed by atoms with van der Waals surface area (Å²) in [6.45, 7) is 3.94. The number of aromatic amines is 1. The average Bonchev–Trinajstić information content (AvgIpc) is 2.89. The summed E-state index contributed by atoms with van der Waals surface area (Å²) < 4.78 is 10.4. The van der Waals surface area contributed by atoms with E-state index in [0.29, 0.717) is 25.5 Å². The fourth-order valence-corrected chi connectivity index (χ4v) is 1.97. The van der Waals surface area contributed by atoms with Gasteiger partial charge in [-0.3, -0.25) is 4.79 Å². The van der Waals surface area contributed by atoms with Crippen molar-refractivity contribution in [3.05, 3.63) is 30.0 Å². The maximum atomic E-state index is 12.0. The number of fused-ring (bicyclic) bond motifs is 1. The Morgan fingerprint density at radius 1 is 1.35 bits per heavy atom. The Morgan fingerprint density at radius 2 is 2.20 bits per heavy atom. The average molecular weight is 276 g/mol. The van der Waals surface area contributed by atoms with Crippen LogP contribution in [0.25, 0.3) is 10.9 Å². The Bertz CT molecular complexity index is 578. The molecule has 5 nitrogen and oxygen atoms in total. The van der Waals surface area contributed by atoms with Gasteiger partial charge in [-0.15, -0.1) is 0 Å². The quantitative estimate of drug-likeness (QED) is 0.763. The largest absolute Gasteiger partial charge is 0.497 e. The number of amides is 1. The van der Waals surface area contributed by atoms with Crippen LogP contribution in [-0.2, 0) is 4.74 Å². The maximum Gasteiger partial charge on any atom is 0.267 e. The summed E-state index contributed by atoms with van der Waals surface area (Å²) in [6.07, 6.45) is 0.813. The number of aromatic nitrogens is 1. The van der Waals surface area contributed by atoms with Crippen LogP contribution in [-0.4, -0.2) is 37.8 Å². The highest BCUT2D eigenvalue weighted by Crippen LogP contribution is 2.21. The normalized spacial score (nSPS) is 10.7. The maximum absolute atomic E-state index is 12.0. The van der Waals surface area contributed by atoms with E-state index in [1.807, 2.05) is 31.2 Å². The highest BCUT2D eigenvalue weighted by atomic mass is 16.5. The summed E-state index contributed by atoms with van der Waals surface area (Å²) in [7, 11) is 1.62. The van der Waals surface area contributed by atoms with Gasteiger partial charge in [0.05, 0.1) is 7.11 Å². The minimum Gasteiger partial charge on any atom is -0.497 e. The van der Waals surface area contributed by atoms with Crippen molar-refractivity contribution in [3.63, 3.8) is 0 Å². The lowest BCUT2D eigenvalue weighted by Crippen LogP contribution is -2.25. The standard InChI is InChI=1S/C15H20N2O3/c1-3-20-8-4-7-16-15(18)14-9-11-5-6-12(19-2)10-13(11)17-14/h5-6,9-10,17H,3-4,7-8H2,1-2H3,(H,16,18). The minimum atomic E-state index is -0.100. The molecule has 0 saturated carbocycles. The van der Waals surface area contributed by atoms with Crippen LogP contribution in [0.5, 0.6) is 5.75 Å². The Hall–Kier alpha value is -2.01. The van der Waals surface area contributed by atoms with Crippen LogP contribution >= 0.6 is 0 Å². The van der Waals surface area contributed by atoms with Crippen LogP contribution in [0, 0.1) is 0 Å². The molecule has 0 radical (unpaired) electrons. The van der Waals surface area contributed by atoms with Gasteiger partial charge in [-0.1, -0.05) is 0 Å². The lowest BCUT2D eigenvalue weighted by Gasteiger charge is -2.03. The summed E-state index contributed by atoms with van der Waals surface area (Å²) in [5, 5.41) is 3.86. The van der Waals surface area contributed by atoms with Crippen LogP contribution < -0.4 is 10.1 Å². The van der Waals surface area contributed by atoms with E-state index < -0.39 is 0 Å². The number of methoxy groups -OCH3 is 1. The lowest BCUT2D eigenvalue weighted by atomic mass is 10.2. The zero-order chi connectivity index (χ0) is 14.4. The van der Waals surface area contributed by atoms with Gasteiger partial charge in [-0.05, 0) is 31.5 Å². The predicted octanol–water partition coefficient (Wildman–Crippen LogP) is 2.33. The number of nitrogens with one attached hydrogen (secondary N) is 2. The van der Waals surface area contributed by atoms with E-state index in [1.54, 1.807) is 7.11 Å². The van der Waals surface area contributed by atoms with Gasteiger partial charge < -0.3 is 19.8 Å². The molecule has 0 aliphatic heterocycles. The third kappa shape index (κ3) is 3.51. The zero-order valence-corrected chi connectivity index (χ0v) is 11.9. The fourth-order valence-electron chi connectivity index (χ4n) is 1.97. The van der Waals surface area contributed by atoms with Crippen molar-refractivity contribution in [2.24, 2.45) is 0 Å². The molecule has 2 rings (SSSR count). The van der Waals surface area contributed by atoms with Crippen molar-refractivity contribution in [1.29, 1.82) is 0 Å². The summed E-state index contributed by atoms with van der Waals surface area (Å²) in [5.41, 5.74) is 1.45. The molecule has 0 atom stereocenters. The van der Waals surface area contributed by atoms with Crippen LogP contribution in [0.1, 0.15) is 23.8 Å². The van der Waals surface area contributed by atoms with Gasteiger partial charge in [0.15, 0.2) is 0 Å². The number of hydrogen-bond donors (Lipinski definition) is 2. The summed E-state index contributed by atoms with van der Waals surface area (Å²) >= 11 is 0. The summed E-state index contributed by atoms with van der Waals surface area (Å²) in [4.78, 5) is 15.1. The number of ether oxygens (including phenoxy) is 2. The van der Waals surface area contributed by atoms with E-state index in [4.69, 9.17) is 9.47 Å². The Balaban J connectivity index is 1.96. The first-order chi connectivity index (χ1) is 9.74. The molecular formula is C15H20N2O3. The molecule has 1 aromatic heterocycles. The smallest absolute Gasteiger partial charge is 0.267 e. The number of hydrogen-bond acceptors (Lipinski definition) is 3. The summed E-state index contributed by atoms with van der Waals surface area (Å²) in [5.74, 6) is 0.666. The molecule has 20 heavy (non-hydrogen) atoms. The van der Waals surface area contributed by atoms with E-state index in [2.05, 4.69) is 10.3 Å². The van der Waals surface area contributed by atoms with E-state index in [-0.39, 0.29) is 5.91 Å². The fraction of sp³-hybridized carbons (Fsp3) is 0.400. The number of carbonyl (C=O) groups is 1. The van der Waals surface area contributed by atoms with Gasteiger partial charge in [0.25, 0.3) is 5.91 Å². The van der Waals surface area contributed by atoms with Gasteiger partial charge in [0, 0.05) is 36.7 Å². The minimum absolute atomic E-state index is 0.100. The first-order valence-electron chi connectivity index (χ1n) is 6.77. The molecule has 0 fully saturated rings. The molecular weight excluding hydrogens is 256 g/mol. The molecule has 1 heterocycles. The molecule has 0 unspecified atom stereocenters. The highest BCUT2D eigenvalue weighted by Gasteiger charge is 2.09. The number of rotatable bonds is 7. The monoisotopic (exact) mass is 276 g/mol. The number of H-pyrrole nitrogens is 1. The SMILES string of the molecule is CCOCCCNC(=O)c1cc2ccc(OC)cc2[nH]1. The molecule has 0 aliphatic carbocycles. The third-order valence-electron chi connectivity index (χ3n) is 3.03. The topological polar surface area (TPSA) is 63.4 Å². The Morgan fingerprint density at radius 3 is 2.95 bits per heavy atom. The van der Waals surface area contributed by atoms with Gasteiger partial charge >= 0.3 is 0 Å². The van der Waals surface area contributed by atoms with Gasteiger partial charge in [-0.25, -0.2) is 0 Å². The molecule has 0 spiro atoms. The van der Waals surface area contributed by atoms with Gasteiger partial charge in [0.2, 0.25) is 0 Å². The second-order valence-corrected chi connectivity index (χ2v) is 4.44. The molecule has 0 saturated heterocycles. The van der Waals surface area contributed by atoms with Crippen LogP contribution in [0.15, 0.2) is 24.3 Å². The van der Waals surface area contributed by atoms with E-state index >= 15 is 0 Å². The molecule has 1 amide bonds. The third-order valence-corrected chi connectivity index (χ3v) is 3.03. The molecule has 1 aromatic carbocycles. The van der Waals surface area contributed by atoms with Crippen molar-refractivity contribution in [1.82, 2.24) is 10.3 Å². The summed E-state index contributed by atoms with van der Waals surface area (Å²) in [6, 6.07) is 7.52. The van der Waals surface area contributed by atoms with Crippen LogP contribution in [0.4, 0.5) is 0 Å². The first kappa shape index (κ1) is 14.4. The molecule has 0 aliphatic rings. The van der Waals surface area contributed by atoms with Crippen molar-refractivity contribution < 1.29 is 14.3 Å². The van der Waals surface area contributed by atoms with Crippen molar-refractivity contribution in [2.45, 2.75) is 13.3 Å². The number of carbonyl (C=O) groups excluding carboxylic acids is 1. The first-order valence-corrected chi connectivity index (χ1v) is 6.77. The molecule has 2 N–H and O–H groups in total.